The maximum Gasteiger partial charge on any atom is 0.194 e. The summed E-state index contributed by atoms with van der Waals surface area (Å²) in [5.74, 6) is 1.30. The van der Waals surface area contributed by atoms with Crippen molar-refractivity contribution in [3.8, 4) is 0 Å². The van der Waals surface area contributed by atoms with Crippen molar-refractivity contribution < 1.29 is 13.9 Å². The lowest BCUT2D eigenvalue weighted by Gasteiger charge is -2.22. The Kier molecular flexibility index (Phi) is 9.73. The van der Waals surface area contributed by atoms with Crippen LogP contribution in [-0.2, 0) is 9.47 Å². The zero-order valence-corrected chi connectivity index (χ0v) is 19.6. The fraction of sp³-hybridized carbons (Fsp3) is 0.650. The van der Waals surface area contributed by atoms with Crippen LogP contribution in [0.1, 0.15) is 31.2 Å². The van der Waals surface area contributed by atoms with Crippen LogP contribution in [0.4, 0.5) is 4.39 Å². The van der Waals surface area contributed by atoms with Crippen molar-refractivity contribution in [3.63, 3.8) is 0 Å². The molecule has 0 aromatic heterocycles. The summed E-state index contributed by atoms with van der Waals surface area (Å²) in [4.78, 5) is 6.93. The van der Waals surface area contributed by atoms with Gasteiger partial charge in [0.15, 0.2) is 5.96 Å². The Morgan fingerprint density at radius 2 is 2.21 bits per heavy atom. The first-order valence-corrected chi connectivity index (χ1v) is 10.1. The Hall–Kier alpha value is -0.640. The van der Waals surface area contributed by atoms with Crippen LogP contribution in [0.2, 0.25) is 5.02 Å². The minimum atomic E-state index is -0.222. The summed E-state index contributed by atoms with van der Waals surface area (Å²) < 4.78 is 24.8. The van der Waals surface area contributed by atoms with Gasteiger partial charge in [0.25, 0.3) is 0 Å². The quantitative estimate of drug-likeness (QED) is 0.242. The number of guanidine groups is 1. The molecule has 1 N–H and O–H groups in total. The molecule has 1 aromatic carbocycles. The average molecular weight is 526 g/mol. The van der Waals surface area contributed by atoms with Crippen LogP contribution < -0.4 is 5.32 Å². The molecule has 1 aromatic rings. The Morgan fingerprint density at radius 3 is 2.93 bits per heavy atom. The standard InChI is InChI=1S/C20H29ClFN3O2.HI/c1-3-23-20(25-8-7-14(12-25)13-27-10-9-26-2)24-18-11-15(18)19-16(21)5-4-6-17(19)22;/h4-6,14-15,18H,3,7-13H2,1-2H3,(H,23,24);1H. The minimum Gasteiger partial charge on any atom is -0.382 e. The van der Waals surface area contributed by atoms with Gasteiger partial charge in [-0.3, -0.25) is 4.99 Å². The number of benzene rings is 1. The van der Waals surface area contributed by atoms with Gasteiger partial charge in [0.05, 0.1) is 19.8 Å². The molecule has 2 aliphatic rings. The highest BCUT2D eigenvalue weighted by Gasteiger charge is 2.42. The van der Waals surface area contributed by atoms with Crippen molar-refractivity contribution >= 4 is 41.5 Å². The number of methoxy groups -OCH3 is 1. The van der Waals surface area contributed by atoms with Crippen molar-refractivity contribution in [1.82, 2.24) is 10.2 Å². The summed E-state index contributed by atoms with van der Waals surface area (Å²) in [6.07, 6.45) is 1.96. The fourth-order valence-corrected chi connectivity index (χ4v) is 3.95. The first kappa shape index (κ1) is 23.6. The van der Waals surface area contributed by atoms with Gasteiger partial charge in [-0.1, -0.05) is 17.7 Å². The first-order valence-electron chi connectivity index (χ1n) is 9.70. The Bertz CT molecular complexity index is 644. The molecule has 5 nitrogen and oxygen atoms in total. The predicted molar refractivity (Wildman–Crippen MR) is 121 cm³/mol. The second-order valence-electron chi connectivity index (χ2n) is 7.19. The van der Waals surface area contributed by atoms with Crippen LogP contribution in [0.15, 0.2) is 23.2 Å². The van der Waals surface area contributed by atoms with Gasteiger partial charge in [-0.05, 0) is 31.9 Å². The lowest BCUT2D eigenvalue weighted by Crippen LogP contribution is -2.42. The molecular formula is C20H30ClFIN3O2. The largest absolute Gasteiger partial charge is 0.382 e. The monoisotopic (exact) mass is 525 g/mol. The van der Waals surface area contributed by atoms with Crippen LogP contribution in [-0.4, -0.2) is 63.5 Å². The maximum atomic E-state index is 14.1. The SMILES string of the molecule is CCN=C(NC1CC1c1c(F)cccc1Cl)N1CCC(COCCOC)C1.I. The third-order valence-electron chi connectivity index (χ3n) is 5.15. The molecule has 8 heteroatoms. The number of nitrogens with zero attached hydrogens (tertiary/aromatic N) is 2. The number of nitrogens with one attached hydrogen (secondary N) is 1. The summed E-state index contributed by atoms with van der Waals surface area (Å²) >= 11 is 6.21. The molecule has 1 saturated heterocycles. The van der Waals surface area contributed by atoms with E-state index < -0.39 is 0 Å². The highest BCUT2D eigenvalue weighted by Crippen LogP contribution is 2.45. The highest BCUT2D eigenvalue weighted by molar-refractivity contribution is 14.0. The molecule has 1 aliphatic carbocycles. The lowest BCUT2D eigenvalue weighted by atomic mass is 10.1. The van der Waals surface area contributed by atoms with Crippen LogP contribution in [0, 0.1) is 11.7 Å². The molecule has 0 radical (unpaired) electrons. The molecule has 158 valence electrons. The van der Waals surface area contributed by atoms with E-state index in [1.165, 1.54) is 6.07 Å². The summed E-state index contributed by atoms with van der Waals surface area (Å²) in [6.45, 7) is 6.64. The van der Waals surface area contributed by atoms with E-state index in [9.17, 15) is 4.39 Å². The van der Waals surface area contributed by atoms with Crippen LogP contribution >= 0.6 is 35.6 Å². The normalized spacial score (nSPS) is 24.2. The molecule has 3 rings (SSSR count). The number of ether oxygens (including phenoxy) is 2. The van der Waals surface area contributed by atoms with E-state index >= 15 is 0 Å². The van der Waals surface area contributed by atoms with E-state index in [0.29, 0.717) is 36.3 Å². The van der Waals surface area contributed by atoms with Gasteiger partial charge >= 0.3 is 0 Å². The molecule has 2 fully saturated rings. The van der Waals surface area contributed by atoms with Crippen molar-refractivity contribution in [1.29, 1.82) is 0 Å². The third kappa shape index (κ3) is 6.18. The zero-order valence-electron chi connectivity index (χ0n) is 16.5. The third-order valence-corrected chi connectivity index (χ3v) is 5.48. The van der Waals surface area contributed by atoms with Crippen molar-refractivity contribution in [3.05, 3.63) is 34.6 Å². The van der Waals surface area contributed by atoms with Crippen molar-refractivity contribution in [2.45, 2.75) is 31.7 Å². The molecule has 28 heavy (non-hydrogen) atoms. The fourth-order valence-electron chi connectivity index (χ4n) is 3.64. The topological polar surface area (TPSA) is 46.1 Å². The lowest BCUT2D eigenvalue weighted by molar-refractivity contribution is 0.0536. The van der Waals surface area contributed by atoms with Gasteiger partial charge in [0.1, 0.15) is 5.82 Å². The minimum absolute atomic E-state index is 0. The molecule has 0 amide bonds. The number of likely N-dealkylation sites (tertiary alicyclic amines) is 1. The zero-order chi connectivity index (χ0) is 19.2. The van der Waals surface area contributed by atoms with E-state index in [1.54, 1.807) is 19.2 Å². The van der Waals surface area contributed by atoms with Gasteiger partial charge in [-0.25, -0.2) is 4.39 Å². The number of aliphatic imine (C=N–C) groups is 1. The van der Waals surface area contributed by atoms with E-state index in [2.05, 4.69) is 15.2 Å². The summed E-state index contributed by atoms with van der Waals surface area (Å²) in [7, 11) is 1.68. The van der Waals surface area contributed by atoms with E-state index in [4.69, 9.17) is 21.1 Å². The second-order valence-corrected chi connectivity index (χ2v) is 7.60. The van der Waals surface area contributed by atoms with Crippen LogP contribution in [0.3, 0.4) is 0 Å². The number of rotatable bonds is 8. The number of hydrogen-bond acceptors (Lipinski definition) is 3. The van der Waals surface area contributed by atoms with Gasteiger partial charge < -0.3 is 19.7 Å². The Labute approximate surface area is 189 Å². The van der Waals surface area contributed by atoms with E-state index in [-0.39, 0.29) is 41.8 Å². The van der Waals surface area contributed by atoms with Gasteiger partial charge in [0.2, 0.25) is 0 Å². The number of hydrogen-bond donors (Lipinski definition) is 1. The van der Waals surface area contributed by atoms with Gasteiger partial charge in [-0.15, -0.1) is 24.0 Å². The first-order chi connectivity index (χ1) is 13.1. The van der Waals surface area contributed by atoms with E-state index in [1.807, 2.05) is 6.92 Å². The molecule has 0 bridgehead atoms. The Balaban J connectivity index is 0.00000280. The molecule has 3 unspecified atom stereocenters. The number of halogens is 3. The highest BCUT2D eigenvalue weighted by atomic mass is 127. The van der Waals surface area contributed by atoms with Crippen LogP contribution in [0.5, 0.6) is 0 Å². The molecule has 1 aliphatic heterocycles. The molecule has 1 heterocycles. The van der Waals surface area contributed by atoms with Crippen molar-refractivity contribution in [2.24, 2.45) is 10.9 Å². The predicted octanol–water partition coefficient (Wildman–Crippen LogP) is 3.90. The summed E-state index contributed by atoms with van der Waals surface area (Å²) in [5.41, 5.74) is 0.623. The van der Waals surface area contributed by atoms with Gasteiger partial charge in [-0.2, -0.15) is 0 Å². The molecule has 1 saturated carbocycles. The smallest absolute Gasteiger partial charge is 0.194 e. The summed E-state index contributed by atoms with van der Waals surface area (Å²) in [6, 6.07) is 5.06. The molecular weight excluding hydrogens is 496 g/mol. The Morgan fingerprint density at radius 1 is 1.39 bits per heavy atom. The van der Waals surface area contributed by atoms with E-state index in [0.717, 1.165) is 38.5 Å². The average Bonchev–Trinajstić information content (AvgIpc) is 3.22. The second kappa shape index (κ2) is 11.5. The van der Waals surface area contributed by atoms with Crippen LogP contribution in [0.25, 0.3) is 0 Å². The molecule has 0 spiro atoms. The van der Waals surface area contributed by atoms with Gasteiger partial charge in [0, 0.05) is 55.2 Å². The summed E-state index contributed by atoms with van der Waals surface area (Å²) in [5, 5.41) is 4.03. The van der Waals surface area contributed by atoms with Crippen molar-refractivity contribution in [2.75, 3.05) is 46.6 Å². The maximum absolute atomic E-state index is 14.1. The molecule has 3 atom stereocenters.